The Bertz CT molecular complexity index is 947. The lowest BCUT2D eigenvalue weighted by Crippen LogP contribution is -2.20. The van der Waals surface area contributed by atoms with E-state index in [1.165, 1.54) is 6.07 Å². The Morgan fingerprint density at radius 2 is 1.93 bits per heavy atom. The van der Waals surface area contributed by atoms with Gasteiger partial charge in [-0.1, -0.05) is 29.4 Å². The molecule has 5 nitrogen and oxygen atoms in total. The third kappa shape index (κ3) is 8.10. The van der Waals surface area contributed by atoms with Crippen molar-refractivity contribution in [1.29, 1.82) is 0 Å². The van der Waals surface area contributed by atoms with Crippen molar-refractivity contribution in [2.45, 2.75) is 45.6 Å². The minimum absolute atomic E-state index is 0.0533. The molecule has 156 valence electrons. The van der Waals surface area contributed by atoms with E-state index in [2.05, 4.69) is 0 Å². The van der Waals surface area contributed by atoms with E-state index in [-0.39, 0.29) is 12.2 Å². The molecule has 0 amide bonds. The van der Waals surface area contributed by atoms with Crippen molar-refractivity contribution in [2.24, 2.45) is 0 Å². The van der Waals surface area contributed by atoms with E-state index in [1.54, 1.807) is 19.1 Å². The molecule has 0 saturated heterocycles. The molecule has 1 aromatic carbocycles. The van der Waals surface area contributed by atoms with E-state index in [0.717, 1.165) is 29.4 Å². The van der Waals surface area contributed by atoms with Crippen LogP contribution in [0.1, 0.15) is 40.0 Å². The second-order valence-corrected chi connectivity index (χ2v) is 7.53. The second kappa shape index (κ2) is 10.8. The van der Waals surface area contributed by atoms with Crippen LogP contribution in [0, 0.1) is 0 Å². The molecule has 1 unspecified atom stereocenters. The first kappa shape index (κ1) is 22.7. The average Bonchev–Trinajstić information content (AvgIpc) is 2.67. The molecule has 2 rings (SSSR count). The summed E-state index contributed by atoms with van der Waals surface area (Å²) in [5, 5.41) is 20.2. The summed E-state index contributed by atoms with van der Waals surface area (Å²) >= 11 is 0. The van der Waals surface area contributed by atoms with Gasteiger partial charge in [0.1, 0.15) is 17.9 Å². The first-order valence-electron chi connectivity index (χ1n) is 9.78. The molecule has 2 aromatic rings. The minimum Gasteiger partial charge on any atom is -0.489 e. The fourth-order valence-electron chi connectivity index (χ4n) is 2.75. The third-order valence-corrected chi connectivity index (χ3v) is 4.59. The monoisotopic (exact) mass is 398 g/mol. The van der Waals surface area contributed by atoms with Gasteiger partial charge in [0.15, 0.2) is 0 Å². The Labute approximate surface area is 171 Å². The zero-order valence-electron chi connectivity index (χ0n) is 17.4. The molecule has 0 spiro atoms. The van der Waals surface area contributed by atoms with Crippen LogP contribution in [-0.2, 0) is 0 Å². The van der Waals surface area contributed by atoms with Crippen LogP contribution in [0.4, 0.5) is 0 Å². The van der Waals surface area contributed by atoms with E-state index in [4.69, 9.17) is 14.3 Å². The largest absolute Gasteiger partial charge is 0.489 e. The van der Waals surface area contributed by atoms with E-state index in [1.807, 2.05) is 50.3 Å². The van der Waals surface area contributed by atoms with Gasteiger partial charge in [0, 0.05) is 17.5 Å². The molecular formula is C24H30O5. The first-order valence-corrected chi connectivity index (χ1v) is 9.78. The van der Waals surface area contributed by atoms with Crippen molar-refractivity contribution in [3.05, 3.63) is 76.2 Å². The maximum absolute atomic E-state index is 11.3. The van der Waals surface area contributed by atoms with Crippen LogP contribution in [0.2, 0.25) is 0 Å². The summed E-state index contributed by atoms with van der Waals surface area (Å²) < 4.78 is 10.9. The summed E-state index contributed by atoms with van der Waals surface area (Å²) in [4.78, 5) is 11.3. The summed E-state index contributed by atoms with van der Waals surface area (Å²) in [7, 11) is 0. The maximum atomic E-state index is 11.3. The molecule has 0 fully saturated rings. The number of rotatable bonds is 10. The number of hydrogen-bond donors (Lipinski definition) is 2. The lowest BCUT2D eigenvalue weighted by molar-refractivity contribution is 0.103. The number of allylic oxidation sites excluding steroid dienone is 3. The average molecular weight is 398 g/mol. The lowest BCUT2D eigenvalue weighted by atomic mass is 9.98. The SMILES string of the molecule is CC(=CCCC(C)(O)C=CCC(C)=CCOc1ccc2ccc(=O)oc2c1)CO. The molecule has 0 bridgehead atoms. The molecule has 0 aliphatic heterocycles. The third-order valence-electron chi connectivity index (χ3n) is 4.59. The number of ether oxygens (including phenoxy) is 1. The van der Waals surface area contributed by atoms with E-state index in [9.17, 15) is 9.90 Å². The van der Waals surface area contributed by atoms with Crippen LogP contribution in [0.5, 0.6) is 5.75 Å². The van der Waals surface area contributed by atoms with Crippen molar-refractivity contribution >= 4 is 11.0 Å². The fourth-order valence-corrected chi connectivity index (χ4v) is 2.75. The highest BCUT2D eigenvalue weighted by Crippen LogP contribution is 2.20. The number of benzene rings is 1. The molecule has 2 N–H and O–H groups in total. The summed E-state index contributed by atoms with van der Waals surface area (Å²) in [6.45, 7) is 6.12. The van der Waals surface area contributed by atoms with Crippen molar-refractivity contribution in [2.75, 3.05) is 13.2 Å². The lowest BCUT2D eigenvalue weighted by Gasteiger charge is -2.18. The quantitative estimate of drug-likeness (QED) is 0.454. The highest BCUT2D eigenvalue weighted by atomic mass is 16.5. The van der Waals surface area contributed by atoms with Gasteiger partial charge in [-0.25, -0.2) is 4.79 Å². The van der Waals surface area contributed by atoms with Gasteiger partial charge in [-0.2, -0.15) is 0 Å². The van der Waals surface area contributed by atoms with Crippen molar-refractivity contribution < 1.29 is 19.4 Å². The molecule has 29 heavy (non-hydrogen) atoms. The standard InChI is InChI=1S/C24H30O5/c1-18(6-4-13-24(3,27)14-5-7-19(2)17-25)12-15-28-21-10-8-20-9-11-23(26)29-22(20)16-21/h4,7-13,16,25,27H,5-6,14-15,17H2,1-3H3. The Kier molecular flexibility index (Phi) is 8.43. The van der Waals surface area contributed by atoms with Crippen LogP contribution in [0.3, 0.4) is 0 Å². The highest BCUT2D eigenvalue weighted by molar-refractivity contribution is 5.77. The molecular weight excluding hydrogens is 368 g/mol. The summed E-state index contributed by atoms with van der Waals surface area (Å²) in [5.41, 5.74) is 1.29. The van der Waals surface area contributed by atoms with Crippen molar-refractivity contribution in [3.63, 3.8) is 0 Å². The van der Waals surface area contributed by atoms with Gasteiger partial charge in [-0.05, 0) is 64.3 Å². The molecule has 5 heteroatoms. The molecule has 1 aromatic heterocycles. The Morgan fingerprint density at radius 1 is 1.17 bits per heavy atom. The molecule has 0 radical (unpaired) electrons. The summed E-state index contributed by atoms with van der Waals surface area (Å²) in [6, 6.07) is 8.53. The van der Waals surface area contributed by atoms with Gasteiger partial charge in [0.25, 0.3) is 0 Å². The van der Waals surface area contributed by atoms with E-state index < -0.39 is 5.60 Å². The molecule has 0 saturated carbocycles. The zero-order chi connectivity index (χ0) is 21.3. The summed E-state index contributed by atoms with van der Waals surface area (Å²) in [6.07, 6.45) is 9.75. The number of fused-ring (bicyclic) bond motifs is 1. The maximum Gasteiger partial charge on any atom is 0.336 e. The second-order valence-electron chi connectivity index (χ2n) is 7.53. The van der Waals surface area contributed by atoms with Crippen LogP contribution in [0.25, 0.3) is 11.0 Å². The predicted molar refractivity (Wildman–Crippen MR) is 116 cm³/mol. The number of hydrogen-bond acceptors (Lipinski definition) is 5. The number of aliphatic hydroxyl groups excluding tert-OH is 1. The van der Waals surface area contributed by atoms with E-state index >= 15 is 0 Å². The van der Waals surface area contributed by atoms with Crippen LogP contribution in [0.15, 0.2) is 75.0 Å². The smallest absolute Gasteiger partial charge is 0.336 e. The molecule has 0 aliphatic rings. The Balaban J connectivity index is 1.82. The topological polar surface area (TPSA) is 79.9 Å². The zero-order valence-corrected chi connectivity index (χ0v) is 17.4. The van der Waals surface area contributed by atoms with Gasteiger partial charge in [0.05, 0.1) is 12.2 Å². The van der Waals surface area contributed by atoms with Gasteiger partial charge < -0.3 is 19.4 Å². The highest BCUT2D eigenvalue weighted by Gasteiger charge is 2.14. The van der Waals surface area contributed by atoms with Crippen molar-refractivity contribution in [1.82, 2.24) is 0 Å². The van der Waals surface area contributed by atoms with Crippen LogP contribution in [-0.4, -0.2) is 29.0 Å². The van der Waals surface area contributed by atoms with Crippen LogP contribution < -0.4 is 10.4 Å². The number of aliphatic hydroxyl groups is 2. The normalized spacial score (nSPS) is 15.1. The van der Waals surface area contributed by atoms with E-state index in [0.29, 0.717) is 24.4 Å². The predicted octanol–water partition coefficient (Wildman–Crippen LogP) is 4.53. The van der Waals surface area contributed by atoms with Gasteiger partial charge in [-0.15, -0.1) is 0 Å². The Hall–Kier alpha value is -2.63. The molecule has 1 atom stereocenters. The fraction of sp³-hybridized carbons (Fsp3) is 0.375. The molecule has 0 aliphatic carbocycles. The Morgan fingerprint density at radius 3 is 2.69 bits per heavy atom. The van der Waals surface area contributed by atoms with Gasteiger partial charge in [0.2, 0.25) is 0 Å². The van der Waals surface area contributed by atoms with Gasteiger partial charge in [-0.3, -0.25) is 0 Å². The van der Waals surface area contributed by atoms with Crippen molar-refractivity contribution in [3.8, 4) is 5.75 Å². The first-order chi connectivity index (χ1) is 13.8. The van der Waals surface area contributed by atoms with Crippen LogP contribution >= 0.6 is 0 Å². The van der Waals surface area contributed by atoms with Gasteiger partial charge >= 0.3 is 5.63 Å². The minimum atomic E-state index is -0.877. The molecule has 1 heterocycles. The summed E-state index contributed by atoms with van der Waals surface area (Å²) in [5.74, 6) is 0.639.